The lowest BCUT2D eigenvalue weighted by molar-refractivity contribution is -0.121. The van der Waals surface area contributed by atoms with Crippen molar-refractivity contribution in [2.24, 2.45) is 5.92 Å². The molecule has 0 aromatic heterocycles. The Bertz CT molecular complexity index is 579. The van der Waals surface area contributed by atoms with Crippen molar-refractivity contribution < 1.29 is 9.59 Å². The lowest BCUT2D eigenvalue weighted by Gasteiger charge is -2.23. The lowest BCUT2D eigenvalue weighted by atomic mass is 9.89. The van der Waals surface area contributed by atoms with Crippen molar-refractivity contribution in [1.82, 2.24) is 10.2 Å². The van der Waals surface area contributed by atoms with Crippen LogP contribution in [0.3, 0.4) is 0 Å². The van der Waals surface area contributed by atoms with Crippen LogP contribution in [0.1, 0.15) is 37.7 Å². The van der Waals surface area contributed by atoms with Crippen LogP contribution in [0.5, 0.6) is 0 Å². The van der Waals surface area contributed by atoms with Crippen molar-refractivity contribution in [3.63, 3.8) is 0 Å². The van der Waals surface area contributed by atoms with Crippen molar-refractivity contribution in [2.75, 3.05) is 31.1 Å². The number of benzene rings is 1. The summed E-state index contributed by atoms with van der Waals surface area (Å²) in [7, 11) is 0. The van der Waals surface area contributed by atoms with Crippen LogP contribution in [0, 0.1) is 12.8 Å². The highest BCUT2D eigenvalue weighted by atomic mass is 16.2. The lowest BCUT2D eigenvalue weighted by Crippen LogP contribution is -2.41. The minimum atomic E-state index is -0.0772. The van der Waals surface area contributed by atoms with E-state index in [1.165, 1.54) is 37.7 Å². The summed E-state index contributed by atoms with van der Waals surface area (Å²) in [5.41, 5.74) is 2.07. The molecule has 0 atom stereocenters. The topological polar surface area (TPSA) is 52.6 Å². The van der Waals surface area contributed by atoms with E-state index in [2.05, 4.69) is 5.32 Å². The molecule has 1 aliphatic carbocycles. The molecule has 1 aliphatic heterocycles. The zero-order chi connectivity index (χ0) is 16.9. The van der Waals surface area contributed by atoms with E-state index in [0.717, 1.165) is 12.2 Å². The SMILES string of the molecule is Cc1ccc(N2CCN(CC(=O)NCC3CCCCC3)C2=O)cc1. The van der Waals surface area contributed by atoms with Crippen LogP contribution in [-0.2, 0) is 4.79 Å². The van der Waals surface area contributed by atoms with Gasteiger partial charge in [-0.25, -0.2) is 4.79 Å². The van der Waals surface area contributed by atoms with Crippen molar-refractivity contribution in [1.29, 1.82) is 0 Å². The number of hydrogen-bond acceptors (Lipinski definition) is 2. The molecule has 3 rings (SSSR count). The van der Waals surface area contributed by atoms with Crippen LogP contribution in [-0.4, -0.2) is 43.0 Å². The van der Waals surface area contributed by atoms with Gasteiger partial charge >= 0.3 is 6.03 Å². The molecule has 2 aliphatic rings. The van der Waals surface area contributed by atoms with Gasteiger partial charge in [0.2, 0.25) is 5.91 Å². The average molecular weight is 329 g/mol. The standard InChI is InChI=1S/C19H27N3O2/c1-15-7-9-17(10-8-15)22-12-11-21(19(22)24)14-18(23)20-13-16-5-3-2-4-6-16/h7-10,16H,2-6,11-14H2,1H3,(H,20,23). The summed E-state index contributed by atoms with van der Waals surface area (Å²) >= 11 is 0. The minimum Gasteiger partial charge on any atom is -0.354 e. The first-order valence-electron chi connectivity index (χ1n) is 9.03. The predicted octanol–water partition coefficient (Wildman–Crippen LogP) is 2.93. The molecule has 1 saturated heterocycles. The molecule has 1 aromatic carbocycles. The number of carbonyl (C=O) groups excluding carboxylic acids is 2. The Kier molecular flexibility index (Phi) is 5.38. The molecule has 1 heterocycles. The van der Waals surface area contributed by atoms with Crippen LogP contribution in [0.15, 0.2) is 24.3 Å². The van der Waals surface area contributed by atoms with E-state index in [9.17, 15) is 9.59 Å². The quantitative estimate of drug-likeness (QED) is 0.903. The molecule has 0 bridgehead atoms. The molecule has 3 amide bonds. The molecule has 1 N–H and O–H groups in total. The Morgan fingerprint density at radius 3 is 2.54 bits per heavy atom. The van der Waals surface area contributed by atoms with Gasteiger partial charge in [0.15, 0.2) is 0 Å². The maximum absolute atomic E-state index is 12.5. The average Bonchev–Trinajstić information content (AvgIpc) is 2.95. The Morgan fingerprint density at radius 2 is 1.83 bits per heavy atom. The number of nitrogens with one attached hydrogen (secondary N) is 1. The van der Waals surface area contributed by atoms with Gasteiger partial charge in [0.1, 0.15) is 6.54 Å². The Morgan fingerprint density at radius 1 is 1.12 bits per heavy atom. The second-order valence-corrected chi connectivity index (χ2v) is 7.00. The van der Waals surface area contributed by atoms with Crippen molar-refractivity contribution in [3.05, 3.63) is 29.8 Å². The summed E-state index contributed by atoms with van der Waals surface area (Å²) in [5.74, 6) is 0.570. The fraction of sp³-hybridized carbons (Fsp3) is 0.579. The second kappa shape index (κ2) is 7.69. The van der Waals surface area contributed by atoms with E-state index in [4.69, 9.17) is 0 Å². The summed E-state index contributed by atoms with van der Waals surface area (Å²) in [6.07, 6.45) is 6.29. The molecular formula is C19H27N3O2. The normalized spacial score (nSPS) is 19.0. The van der Waals surface area contributed by atoms with Gasteiger partial charge in [0.25, 0.3) is 0 Å². The highest BCUT2D eigenvalue weighted by Gasteiger charge is 2.30. The molecule has 0 radical (unpaired) electrons. The molecule has 24 heavy (non-hydrogen) atoms. The van der Waals surface area contributed by atoms with Crippen LogP contribution in [0.25, 0.3) is 0 Å². The van der Waals surface area contributed by atoms with Gasteiger partial charge in [-0.05, 0) is 37.8 Å². The summed E-state index contributed by atoms with van der Waals surface area (Å²) in [6.45, 7) is 4.18. The molecule has 5 nitrogen and oxygen atoms in total. The van der Waals surface area contributed by atoms with Crippen molar-refractivity contribution >= 4 is 17.6 Å². The number of carbonyl (C=O) groups is 2. The number of anilines is 1. The first-order valence-corrected chi connectivity index (χ1v) is 9.03. The van der Waals surface area contributed by atoms with Gasteiger partial charge in [-0.1, -0.05) is 37.0 Å². The van der Waals surface area contributed by atoms with E-state index in [-0.39, 0.29) is 18.5 Å². The highest BCUT2D eigenvalue weighted by molar-refractivity contribution is 5.96. The van der Waals surface area contributed by atoms with Crippen molar-refractivity contribution in [3.8, 4) is 0 Å². The summed E-state index contributed by atoms with van der Waals surface area (Å²) in [4.78, 5) is 28.0. The number of nitrogens with zero attached hydrogens (tertiary/aromatic N) is 2. The Labute approximate surface area is 144 Å². The molecule has 2 fully saturated rings. The van der Waals surface area contributed by atoms with Gasteiger partial charge in [-0.3, -0.25) is 9.69 Å². The van der Waals surface area contributed by atoms with Crippen LogP contribution in [0.2, 0.25) is 0 Å². The third-order valence-electron chi connectivity index (χ3n) is 5.09. The third-order valence-corrected chi connectivity index (χ3v) is 5.09. The van der Waals surface area contributed by atoms with E-state index in [1.807, 2.05) is 31.2 Å². The predicted molar refractivity (Wildman–Crippen MR) is 95.1 cm³/mol. The number of aryl methyl sites for hydroxylation is 1. The maximum atomic E-state index is 12.5. The first kappa shape index (κ1) is 16.8. The number of rotatable bonds is 5. The summed E-state index contributed by atoms with van der Waals surface area (Å²) in [5, 5.41) is 3.01. The molecule has 0 spiro atoms. The van der Waals surface area contributed by atoms with E-state index >= 15 is 0 Å². The van der Waals surface area contributed by atoms with Crippen LogP contribution >= 0.6 is 0 Å². The fourth-order valence-electron chi connectivity index (χ4n) is 3.57. The molecule has 130 valence electrons. The summed E-state index contributed by atoms with van der Waals surface area (Å²) in [6, 6.07) is 7.84. The molecule has 1 aromatic rings. The number of amides is 3. The second-order valence-electron chi connectivity index (χ2n) is 7.00. The number of hydrogen-bond donors (Lipinski definition) is 1. The fourth-order valence-corrected chi connectivity index (χ4v) is 3.57. The first-order chi connectivity index (χ1) is 11.6. The third kappa shape index (κ3) is 4.08. The van der Waals surface area contributed by atoms with E-state index < -0.39 is 0 Å². The molecule has 0 unspecified atom stereocenters. The van der Waals surface area contributed by atoms with Crippen molar-refractivity contribution in [2.45, 2.75) is 39.0 Å². The molecule has 1 saturated carbocycles. The maximum Gasteiger partial charge on any atom is 0.325 e. The largest absolute Gasteiger partial charge is 0.354 e. The number of urea groups is 1. The van der Waals surface area contributed by atoms with Crippen LogP contribution in [0.4, 0.5) is 10.5 Å². The van der Waals surface area contributed by atoms with Crippen LogP contribution < -0.4 is 10.2 Å². The highest BCUT2D eigenvalue weighted by Crippen LogP contribution is 2.23. The monoisotopic (exact) mass is 329 g/mol. The van der Waals surface area contributed by atoms with E-state index in [0.29, 0.717) is 19.0 Å². The Balaban J connectivity index is 1.48. The molecule has 5 heteroatoms. The smallest absolute Gasteiger partial charge is 0.325 e. The minimum absolute atomic E-state index is 0.0420. The van der Waals surface area contributed by atoms with Gasteiger partial charge in [0, 0.05) is 25.3 Å². The van der Waals surface area contributed by atoms with Gasteiger partial charge in [-0.2, -0.15) is 0 Å². The van der Waals surface area contributed by atoms with E-state index in [1.54, 1.807) is 9.80 Å². The van der Waals surface area contributed by atoms with Gasteiger partial charge in [0.05, 0.1) is 0 Å². The zero-order valence-electron chi connectivity index (χ0n) is 14.5. The van der Waals surface area contributed by atoms with Gasteiger partial charge in [-0.15, -0.1) is 0 Å². The van der Waals surface area contributed by atoms with Gasteiger partial charge < -0.3 is 10.2 Å². The Hall–Kier alpha value is -2.04. The zero-order valence-corrected chi connectivity index (χ0v) is 14.5. The molecular weight excluding hydrogens is 302 g/mol. The summed E-state index contributed by atoms with van der Waals surface area (Å²) < 4.78 is 0.